The van der Waals surface area contributed by atoms with Gasteiger partial charge in [0.15, 0.2) is 17.7 Å². The van der Waals surface area contributed by atoms with E-state index in [1.807, 2.05) is 13.8 Å². The highest BCUT2D eigenvalue weighted by Crippen LogP contribution is 2.40. The Balaban J connectivity index is 1.81. The summed E-state index contributed by atoms with van der Waals surface area (Å²) in [7, 11) is 0. The Morgan fingerprint density at radius 3 is 1.95 bits per heavy atom. The molecule has 0 N–H and O–H groups in total. The number of cyclic esters (lactones) is 1. The zero-order valence-electron chi connectivity index (χ0n) is 13.9. The molecule has 0 spiro atoms. The monoisotopic (exact) mass is 316 g/mol. The third-order valence-electron chi connectivity index (χ3n) is 3.85. The predicted octanol–water partition coefficient (Wildman–Crippen LogP) is 1.34. The van der Waals surface area contributed by atoms with Gasteiger partial charge in [0.1, 0.15) is 18.3 Å². The molecular weight excluding hydrogens is 292 g/mol. The maximum absolute atomic E-state index is 12.1. The van der Waals surface area contributed by atoms with Crippen LogP contribution in [-0.2, 0) is 33.2 Å². The number of carbonyl (C=O) groups excluding carboxylic acids is 1. The number of ether oxygens (including phenoxy) is 6. The second-order valence-corrected chi connectivity index (χ2v) is 7.29. The van der Waals surface area contributed by atoms with Gasteiger partial charge in [0.2, 0.25) is 5.79 Å². The topological polar surface area (TPSA) is 72.5 Å². The highest BCUT2D eigenvalue weighted by Gasteiger charge is 2.57. The van der Waals surface area contributed by atoms with Gasteiger partial charge in [-0.15, -0.1) is 0 Å². The minimum absolute atomic E-state index is 0.332. The molecule has 126 valence electrons. The molecule has 0 amide bonds. The fourth-order valence-corrected chi connectivity index (χ4v) is 3.10. The Hall–Kier alpha value is -0.730. The third-order valence-corrected chi connectivity index (χ3v) is 3.85. The summed E-state index contributed by atoms with van der Waals surface area (Å²) in [6, 6.07) is 0. The molecule has 4 atom stereocenters. The van der Waals surface area contributed by atoms with Crippen molar-refractivity contribution in [3.8, 4) is 0 Å². The summed E-state index contributed by atoms with van der Waals surface area (Å²) in [4.78, 5) is 12.1. The lowest BCUT2D eigenvalue weighted by atomic mass is 10.0. The van der Waals surface area contributed by atoms with Crippen molar-refractivity contribution in [3.05, 3.63) is 0 Å². The standard InChI is InChI=1S/C15H24O7/c1-13(2)17-7-8(18-13)9-10(20-14(3,4)19-9)11-12(16)22-15(5,6)21-11/h8-11H,7H2,1-6H3/t8-,9-,10+,11-/m0/s1. The van der Waals surface area contributed by atoms with Gasteiger partial charge in [-0.25, -0.2) is 4.79 Å². The van der Waals surface area contributed by atoms with E-state index in [0.29, 0.717) is 6.61 Å². The average Bonchev–Trinajstić information content (AvgIpc) is 2.93. The first kappa shape index (κ1) is 16.1. The third kappa shape index (κ3) is 3.00. The van der Waals surface area contributed by atoms with Gasteiger partial charge in [0.25, 0.3) is 0 Å². The molecular formula is C15H24O7. The van der Waals surface area contributed by atoms with Gasteiger partial charge >= 0.3 is 5.97 Å². The zero-order valence-corrected chi connectivity index (χ0v) is 13.9. The second kappa shape index (κ2) is 4.88. The molecule has 0 aromatic carbocycles. The molecule has 0 unspecified atom stereocenters. The Kier molecular flexibility index (Phi) is 3.58. The molecule has 7 nitrogen and oxygen atoms in total. The summed E-state index contributed by atoms with van der Waals surface area (Å²) in [5, 5.41) is 0. The molecule has 3 saturated heterocycles. The van der Waals surface area contributed by atoms with Crippen LogP contribution in [0, 0.1) is 0 Å². The van der Waals surface area contributed by atoms with Gasteiger partial charge < -0.3 is 28.4 Å². The van der Waals surface area contributed by atoms with Crippen molar-refractivity contribution in [1.82, 2.24) is 0 Å². The molecule has 0 bridgehead atoms. The summed E-state index contributed by atoms with van der Waals surface area (Å²) < 4.78 is 34.3. The van der Waals surface area contributed by atoms with Crippen LogP contribution in [0.5, 0.6) is 0 Å². The highest BCUT2D eigenvalue weighted by molar-refractivity contribution is 5.77. The number of hydrogen-bond acceptors (Lipinski definition) is 7. The number of hydrogen-bond donors (Lipinski definition) is 0. The van der Waals surface area contributed by atoms with Gasteiger partial charge in [0, 0.05) is 13.8 Å². The molecule has 3 rings (SSSR count). The van der Waals surface area contributed by atoms with Crippen molar-refractivity contribution < 1.29 is 33.2 Å². The molecule has 3 aliphatic rings. The van der Waals surface area contributed by atoms with Crippen molar-refractivity contribution in [2.75, 3.05) is 6.61 Å². The molecule has 22 heavy (non-hydrogen) atoms. The molecule has 0 aromatic heterocycles. The summed E-state index contributed by atoms with van der Waals surface area (Å²) in [5.74, 6) is -2.92. The summed E-state index contributed by atoms with van der Waals surface area (Å²) in [6.45, 7) is 11.0. The van der Waals surface area contributed by atoms with Gasteiger partial charge in [-0.3, -0.25) is 0 Å². The second-order valence-electron chi connectivity index (χ2n) is 7.29. The van der Waals surface area contributed by atoms with Crippen LogP contribution in [0.2, 0.25) is 0 Å². The van der Waals surface area contributed by atoms with Crippen LogP contribution in [0.4, 0.5) is 0 Å². The maximum Gasteiger partial charge on any atom is 0.340 e. The van der Waals surface area contributed by atoms with E-state index >= 15 is 0 Å². The van der Waals surface area contributed by atoms with Crippen LogP contribution in [0.1, 0.15) is 41.5 Å². The lowest BCUT2D eigenvalue weighted by Gasteiger charge is -2.25. The van der Waals surface area contributed by atoms with E-state index < -0.39 is 41.6 Å². The first-order valence-corrected chi connectivity index (χ1v) is 7.56. The minimum Gasteiger partial charge on any atom is -0.432 e. The molecule has 0 saturated carbocycles. The van der Waals surface area contributed by atoms with Crippen LogP contribution in [0.3, 0.4) is 0 Å². The van der Waals surface area contributed by atoms with E-state index in [2.05, 4.69) is 0 Å². The van der Waals surface area contributed by atoms with Crippen molar-refractivity contribution in [1.29, 1.82) is 0 Å². The van der Waals surface area contributed by atoms with Gasteiger partial charge in [-0.05, 0) is 27.7 Å². The highest BCUT2D eigenvalue weighted by atomic mass is 16.8. The van der Waals surface area contributed by atoms with E-state index in [0.717, 1.165) is 0 Å². The lowest BCUT2D eigenvalue weighted by Crippen LogP contribution is -2.46. The SMILES string of the molecule is CC1(C)O[C@@H]([C@@H]2COC(C)(C)O2)[C@H]([C@@H]2OC(C)(C)OC2=O)O1. The number of esters is 1. The van der Waals surface area contributed by atoms with Crippen LogP contribution in [0.15, 0.2) is 0 Å². The fourth-order valence-electron chi connectivity index (χ4n) is 3.10. The summed E-state index contributed by atoms with van der Waals surface area (Å²) >= 11 is 0. The fraction of sp³-hybridized carbons (Fsp3) is 0.933. The van der Waals surface area contributed by atoms with Gasteiger partial charge in [-0.2, -0.15) is 0 Å². The smallest absolute Gasteiger partial charge is 0.340 e. The average molecular weight is 316 g/mol. The minimum atomic E-state index is -0.964. The van der Waals surface area contributed by atoms with Crippen molar-refractivity contribution >= 4 is 5.97 Å². The molecule has 3 aliphatic heterocycles. The van der Waals surface area contributed by atoms with E-state index in [-0.39, 0.29) is 6.10 Å². The molecule has 7 heteroatoms. The quantitative estimate of drug-likeness (QED) is 0.712. The summed E-state index contributed by atoms with van der Waals surface area (Å²) in [5.41, 5.74) is 0. The molecule has 0 radical (unpaired) electrons. The Morgan fingerprint density at radius 1 is 0.818 bits per heavy atom. The van der Waals surface area contributed by atoms with E-state index in [1.165, 1.54) is 0 Å². The first-order valence-electron chi connectivity index (χ1n) is 7.56. The van der Waals surface area contributed by atoms with E-state index in [4.69, 9.17) is 28.4 Å². The first-order chi connectivity index (χ1) is 9.98. The Morgan fingerprint density at radius 2 is 1.45 bits per heavy atom. The van der Waals surface area contributed by atoms with Crippen LogP contribution < -0.4 is 0 Å². The van der Waals surface area contributed by atoms with Crippen LogP contribution >= 0.6 is 0 Å². The van der Waals surface area contributed by atoms with Crippen LogP contribution in [-0.4, -0.2) is 54.4 Å². The van der Waals surface area contributed by atoms with E-state index in [9.17, 15) is 4.79 Å². The Bertz CT molecular complexity index is 471. The molecule has 0 aromatic rings. The maximum atomic E-state index is 12.1. The van der Waals surface area contributed by atoms with Crippen molar-refractivity contribution in [2.45, 2.75) is 83.3 Å². The van der Waals surface area contributed by atoms with Gasteiger partial charge in [-0.1, -0.05) is 0 Å². The molecule has 3 fully saturated rings. The zero-order chi connectivity index (χ0) is 16.3. The lowest BCUT2D eigenvalue weighted by molar-refractivity contribution is -0.178. The number of rotatable bonds is 2. The molecule has 3 heterocycles. The normalized spacial score (nSPS) is 42.5. The molecule has 0 aliphatic carbocycles. The van der Waals surface area contributed by atoms with Gasteiger partial charge in [0.05, 0.1) is 6.61 Å². The summed E-state index contributed by atoms with van der Waals surface area (Å²) in [6.07, 6.45) is -2.24. The largest absolute Gasteiger partial charge is 0.432 e. The van der Waals surface area contributed by atoms with Crippen molar-refractivity contribution in [3.63, 3.8) is 0 Å². The number of carbonyl (C=O) groups is 1. The Labute approximate surface area is 130 Å². The van der Waals surface area contributed by atoms with Crippen LogP contribution in [0.25, 0.3) is 0 Å². The van der Waals surface area contributed by atoms with Crippen molar-refractivity contribution in [2.24, 2.45) is 0 Å². The van der Waals surface area contributed by atoms with E-state index in [1.54, 1.807) is 27.7 Å². The predicted molar refractivity (Wildman–Crippen MR) is 73.8 cm³/mol.